The van der Waals surface area contributed by atoms with Crippen molar-refractivity contribution in [1.29, 1.82) is 0 Å². The summed E-state index contributed by atoms with van der Waals surface area (Å²) in [6, 6.07) is 9.66. The van der Waals surface area contributed by atoms with Crippen molar-refractivity contribution in [2.24, 2.45) is 7.05 Å². The Kier molecular flexibility index (Phi) is 3.37. The second-order valence-electron chi connectivity index (χ2n) is 4.94. The van der Waals surface area contributed by atoms with E-state index in [-0.39, 0.29) is 12.0 Å². The number of benzene rings is 1. The number of aromatic nitrogens is 3. The standard InChI is InChI=1S/C14H16N4O2/c1-17-10-15-16-13(17)12-7-18(8-12)14(19)20-9-11-5-3-2-4-6-11/h2-6,10,12H,7-9H2,1H3. The van der Waals surface area contributed by atoms with Gasteiger partial charge in [-0.2, -0.15) is 0 Å². The smallest absolute Gasteiger partial charge is 0.410 e. The van der Waals surface area contributed by atoms with Crippen molar-refractivity contribution in [3.8, 4) is 0 Å². The molecule has 0 aliphatic carbocycles. The number of hydrogen-bond acceptors (Lipinski definition) is 4. The summed E-state index contributed by atoms with van der Waals surface area (Å²) in [5.41, 5.74) is 0.992. The molecule has 2 heterocycles. The summed E-state index contributed by atoms with van der Waals surface area (Å²) in [6.45, 7) is 1.59. The number of aryl methyl sites for hydroxylation is 1. The summed E-state index contributed by atoms with van der Waals surface area (Å²) in [7, 11) is 1.91. The SMILES string of the molecule is Cn1cnnc1C1CN(C(=O)OCc2ccccc2)C1. The molecule has 0 radical (unpaired) electrons. The predicted molar refractivity (Wildman–Crippen MR) is 71.9 cm³/mol. The number of rotatable bonds is 3. The lowest BCUT2D eigenvalue weighted by atomic mass is 10.0. The molecule has 1 fully saturated rings. The van der Waals surface area contributed by atoms with Crippen LogP contribution >= 0.6 is 0 Å². The molecule has 0 spiro atoms. The zero-order valence-corrected chi connectivity index (χ0v) is 11.3. The van der Waals surface area contributed by atoms with Crippen LogP contribution in [0.5, 0.6) is 0 Å². The molecule has 1 aliphatic rings. The van der Waals surface area contributed by atoms with Gasteiger partial charge >= 0.3 is 6.09 Å². The van der Waals surface area contributed by atoms with Gasteiger partial charge in [0.15, 0.2) is 0 Å². The number of hydrogen-bond donors (Lipinski definition) is 0. The van der Waals surface area contributed by atoms with E-state index < -0.39 is 0 Å². The molecule has 1 aromatic carbocycles. The molecule has 0 atom stereocenters. The van der Waals surface area contributed by atoms with Crippen LogP contribution in [-0.4, -0.2) is 38.8 Å². The molecular formula is C14H16N4O2. The van der Waals surface area contributed by atoms with E-state index >= 15 is 0 Å². The summed E-state index contributed by atoms with van der Waals surface area (Å²) < 4.78 is 7.16. The lowest BCUT2D eigenvalue weighted by Crippen LogP contribution is -2.49. The first-order valence-electron chi connectivity index (χ1n) is 6.53. The lowest BCUT2D eigenvalue weighted by molar-refractivity contribution is 0.0645. The number of nitrogens with zero attached hydrogens (tertiary/aromatic N) is 4. The van der Waals surface area contributed by atoms with Crippen molar-refractivity contribution in [2.45, 2.75) is 12.5 Å². The minimum absolute atomic E-state index is 0.256. The van der Waals surface area contributed by atoms with Gasteiger partial charge in [-0.25, -0.2) is 4.79 Å². The van der Waals surface area contributed by atoms with Gasteiger partial charge in [-0.3, -0.25) is 0 Å². The molecule has 20 heavy (non-hydrogen) atoms. The first-order valence-corrected chi connectivity index (χ1v) is 6.53. The maximum absolute atomic E-state index is 11.9. The van der Waals surface area contributed by atoms with E-state index in [4.69, 9.17) is 4.74 Å². The Morgan fingerprint density at radius 2 is 2.10 bits per heavy atom. The number of ether oxygens (including phenoxy) is 1. The third-order valence-electron chi connectivity index (χ3n) is 3.46. The molecule has 1 aromatic heterocycles. The van der Waals surface area contributed by atoms with E-state index in [9.17, 15) is 4.79 Å². The fourth-order valence-electron chi connectivity index (χ4n) is 2.26. The average Bonchev–Trinajstić information content (AvgIpc) is 2.82. The Morgan fingerprint density at radius 3 is 2.75 bits per heavy atom. The van der Waals surface area contributed by atoms with Crippen molar-refractivity contribution in [1.82, 2.24) is 19.7 Å². The van der Waals surface area contributed by atoms with E-state index in [1.54, 1.807) is 11.2 Å². The normalized spacial score (nSPS) is 14.9. The van der Waals surface area contributed by atoms with Gasteiger partial charge in [0.1, 0.15) is 18.8 Å². The van der Waals surface area contributed by atoms with Crippen molar-refractivity contribution >= 4 is 6.09 Å². The summed E-state index contributed by atoms with van der Waals surface area (Å²) in [4.78, 5) is 13.5. The minimum atomic E-state index is -0.271. The fraction of sp³-hybridized carbons (Fsp3) is 0.357. The van der Waals surface area contributed by atoms with E-state index in [1.165, 1.54) is 0 Å². The summed E-state index contributed by atoms with van der Waals surface area (Å²) >= 11 is 0. The van der Waals surface area contributed by atoms with Crippen molar-refractivity contribution in [2.75, 3.05) is 13.1 Å². The van der Waals surface area contributed by atoms with Crippen LogP contribution in [0, 0.1) is 0 Å². The number of amides is 1. The zero-order valence-electron chi connectivity index (χ0n) is 11.3. The first kappa shape index (κ1) is 12.7. The average molecular weight is 272 g/mol. The quantitative estimate of drug-likeness (QED) is 0.850. The monoisotopic (exact) mass is 272 g/mol. The minimum Gasteiger partial charge on any atom is -0.445 e. The van der Waals surface area contributed by atoms with E-state index in [2.05, 4.69) is 10.2 Å². The van der Waals surface area contributed by atoms with Gasteiger partial charge in [-0.15, -0.1) is 10.2 Å². The second kappa shape index (κ2) is 5.32. The third-order valence-corrected chi connectivity index (χ3v) is 3.46. The molecule has 0 unspecified atom stereocenters. The highest BCUT2D eigenvalue weighted by atomic mass is 16.6. The summed E-state index contributed by atoms with van der Waals surface area (Å²) in [6.07, 6.45) is 1.40. The van der Waals surface area contributed by atoms with Gasteiger partial charge in [0.05, 0.1) is 5.92 Å². The highest BCUT2D eigenvalue weighted by Gasteiger charge is 2.35. The van der Waals surface area contributed by atoms with E-state index in [1.807, 2.05) is 41.9 Å². The number of carbonyl (C=O) groups is 1. The Hall–Kier alpha value is -2.37. The van der Waals surface area contributed by atoms with Gasteiger partial charge in [0.25, 0.3) is 0 Å². The van der Waals surface area contributed by atoms with Gasteiger partial charge in [0, 0.05) is 20.1 Å². The molecule has 0 bridgehead atoms. The van der Waals surface area contributed by atoms with Crippen LogP contribution in [0.15, 0.2) is 36.7 Å². The highest BCUT2D eigenvalue weighted by Crippen LogP contribution is 2.25. The molecule has 1 amide bonds. The molecule has 2 aromatic rings. The summed E-state index contributed by atoms with van der Waals surface area (Å²) in [5.74, 6) is 1.17. The number of carbonyl (C=O) groups excluding carboxylic acids is 1. The van der Waals surface area contributed by atoms with Crippen molar-refractivity contribution in [3.63, 3.8) is 0 Å². The van der Waals surface area contributed by atoms with Gasteiger partial charge < -0.3 is 14.2 Å². The van der Waals surface area contributed by atoms with E-state index in [0.29, 0.717) is 19.7 Å². The maximum Gasteiger partial charge on any atom is 0.410 e. The lowest BCUT2D eigenvalue weighted by Gasteiger charge is -2.37. The Morgan fingerprint density at radius 1 is 1.35 bits per heavy atom. The summed E-state index contributed by atoms with van der Waals surface area (Å²) in [5, 5.41) is 7.91. The molecule has 1 aliphatic heterocycles. The molecule has 0 saturated carbocycles. The van der Waals surface area contributed by atoms with Crippen LogP contribution in [0.3, 0.4) is 0 Å². The Labute approximate surface area is 117 Å². The second-order valence-corrected chi connectivity index (χ2v) is 4.94. The van der Waals surface area contributed by atoms with Crippen LogP contribution in [0.4, 0.5) is 4.79 Å². The van der Waals surface area contributed by atoms with E-state index in [0.717, 1.165) is 11.4 Å². The van der Waals surface area contributed by atoms with Crippen LogP contribution in [0.1, 0.15) is 17.3 Å². The van der Waals surface area contributed by atoms with Gasteiger partial charge in [0.2, 0.25) is 0 Å². The molecule has 6 heteroatoms. The molecular weight excluding hydrogens is 256 g/mol. The molecule has 0 N–H and O–H groups in total. The predicted octanol–water partition coefficient (Wildman–Crippen LogP) is 1.55. The largest absolute Gasteiger partial charge is 0.445 e. The van der Waals surface area contributed by atoms with Crippen molar-refractivity contribution < 1.29 is 9.53 Å². The fourth-order valence-corrected chi connectivity index (χ4v) is 2.26. The van der Waals surface area contributed by atoms with Crippen molar-refractivity contribution in [3.05, 3.63) is 48.0 Å². The Bertz CT molecular complexity index is 590. The van der Waals surface area contributed by atoms with Crippen LogP contribution in [-0.2, 0) is 18.4 Å². The van der Waals surface area contributed by atoms with Crippen LogP contribution in [0.2, 0.25) is 0 Å². The molecule has 1 saturated heterocycles. The third kappa shape index (κ3) is 2.49. The van der Waals surface area contributed by atoms with Crippen LogP contribution in [0.25, 0.3) is 0 Å². The molecule has 6 nitrogen and oxygen atoms in total. The topological polar surface area (TPSA) is 60.2 Å². The zero-order chi connectivity index (χ0) is 13.9. The first-order chi connectivity index (χ1) is 9.74. The maximum atomic E-state index is 11.9. The van der Waals surface area contributed by atoms with Gasteiger partial charge in [-0.1, -0.05) is 30.3 Å². The van der Waals surface area contributed by atoms with Gasteiger partial charge in [-0.05, 0) is 5.56 Å². The Balaban J connectivity index is 1.48. The highest BCUT2D eigenvalue weighted by molar-refractivity contribution is 5.69. The molecule has 104 valence electrons. The van der Waals surface area contributed by atoms with Crippen LogP contribution < -0.4 is 0 Å². The number of likely N-dealkylation sites (tertiary alicyclic amines) is 1. The molecule has 3 rings (SSSR count).